The van der Waals surface area contributed by atoms with Crippen LogP contribution in [0.25, 0.3) is 0 Å². The fraction of sp³-hybridized carbons (Fsp3) is 0.600. The van der Waals surface area contributed by atoms with Crippen molar-refractivity contribution >= 4 is 23.6 Å². The molecule has 1 saturated heterocycles. The highest BCUT2D eigenvalue weighted by atomic mass is 16.2. The molecule has 0 saturated carbocycles. The largest absolute Gasteiger partial charge is 0.355 e. The first-order valence-corrected chi connectivity index (χ1v) is 5.64. The van der Waals surface area contributed by atoms with Crippen molar-refractivity contribution in [1.82, 2.24) is 21.3 Å². The molecule has 4 N–H and O–H groups in total. The number of rotatable bonds is 0. The Morgan fingerprint density at radius 3 is 1.83 bits per heavy atom. The van der Waals surface area contributed by atoms with E-state index >= 15 is 0 Å². The number of hydrogen-bond acceptors (Lipinski definition) is 4. The summed E-state index contributed by atoms with van der Waals surface area (Å²) in [6.07, 6.45) is -0.212. The van der Waals surface area contributed by atoms with Gasteiger partial charge in [-0.1, -0.05) is 0 Å². The predicted octanol–water partition coefficient (Wildman–Crippen LogP) is -2.75. The van der Waals surface area contributed by atoms with Crippen LogP contribution in [0.3, 0.4) is 0 Å². The summed E-state index contributed by atoms with van der Waals surface area (Å²) in [6, 6.07) is 0. The zero-order chi connectivity index (χ0) is 13.4. The Morgan fingerprint density at radius 2 is 1.17 bits per heavy atom. The maximum Gasteiger partial charge on any atom is 0.239 e. The minimum absolute atomic E-state index is 0.0701. The van der Waals surface area contributed by atoms with Crippen molar-refractivity contribution in [2.24, 2.45) is 0 Å². The highest BCUT2D eigenvalue weighted by molar-refractivity contribution is 5.97. The fourth-order valence-corrected chi connectivity index (χ4v) is 1.32. The monoisotopic (exact) mass is 256 g/mol. The van der Waals surface area contributed by atoms with Crippen LogP contribution in [0.5, 0.6) is 0 Å². The van der Waals surface area contributed by atoms with E-state index in [2.05, 4.69) is 21.3 Å². The summed E-state index contributed by atoms with van der Waals surface area (Å²) in [5.74, 6) is -1.49. The number of amides is 4. The molecular weight excluding hydrogens is 240 g/mol. The number of nitrogens with one attached hydrogen (secondary N) is 4. The molecule has 1 fully saturated rings. The van der Waals surface area contributed by atoms with Gasteiger partial charge in [0.2, 0.25) is 23.6 Å². The second-order valence-corrected chi connectivity index (χ2v) is 3.75. The third-order valence-corrected chi connectivity index (χ3v) is 2.21. The molecule has 1 aliphatic rings. The highest BCUT2D eigenvalue weighted by Crippen LogP contribution is 1.83. The Bertz CT molecular complexity index is 356. The van der Waals surface area contributed by atoms with Gasteiger partial charge in [0, 0.05) is 26.1 Å². The summed E-state index contributed by atoms with van der Waals surface area (Å²) in [5, 5.41) is 9.88. The number of carbonyl (C=O) groups is 4. The molecule has 1 heterocycles. The number of carbonyl (C=O) groups excluding carboxylic acids is 4. The van der Waals surface area contributed by atoms with E-state index in [0.29, 0.717) is 0 Å². The first-order valence-electron chi connectivity index (χ1n) is 5.64. The average molecular weight is 256 g/mol. The van der Waals surface area contributed by atoms with Gasteiger partial charge in [0.25, 0.3) is 0 Å². The summed E-state index contributed by atoms with van der Waals surface area (Å²) < 4.78 is 0. The van der Waals surface area contributed by atoms with Crippen LogP contribution in [-0.4, -0.2) is 49.8 Å². The molecule has 1 rings (SSSR count). The molecule has 0 bridgehead atoms. The summed E-state index contributed by atoms with van der Waals surface area (Å²) in [4.78, 5) is 45.0. The Hall–Kier alpha value is -2.12. The van der Waals surface area contributed by atoms with Crippen molar-refractivity contribution in [3.8, 4) is 0 Å². The molecule has 0 aromatic heterocycles. The lowest BCUT2D eigenvalue weighted by Crippen LogP contribution is -2.42. The summed E-state index contributed by atoms with van der Waals surface area (Å²) in [6.45, 7) is 0.522. The van der Waals surface area contributed by atoms with E-state index in [9.17, 15) is 19.2 Å². The van der Waals surface area contributed by atoms with Gasteiger partial charge in [-0.3, -0.25) is 19.2 Å². The van der Waals surface area contributed by atoms with E-state index in [-0.39, 0.29) is 50.8 Å². The van der Waals surface area contributed by atoms with Gasteiger partial charge in [0.1, 0.15) is 6.42 Å². The minimum atomic E-state index is -0.429. The Morgan fingerprint density at radius 1 is 0.611 bits per heavy atom. The van der Waals surface area contributed by atoms with E-state index < -0.39 is 11.8 Å². The molecule has 0 aliphatic carbocycles. The van der Waals surface area contributed by atoms with E-state index in [1.807, 2.05) is 0 Å². The molecule has 0 aromatic rings. The standard InChI is InChI=1S/C10H16N4O4/c15-7-1-2-11-8(16)5-9(17)12-3-4-13-10(18)6-14-7/h1-6H2,(H,11,16)(H,12,17)(H,13,18)(H,14,15). The molecule has 1 aliphatic heterocycles. The smallest absolute Gasteiger partial charge is 0.239 e. The Kier molecular flexibility index (Phi) is 5.62. The van der Waals surface area contributed by atoms with Crippen LogP contribution >= 0.6 is 0 Å². The maximum atomic E-state index is 11.2. The van der Waals surface area contributed by atoms with E-state index in [4.69, 9.17) is 0 Å². The third-order valence-electron chi connectivity index (χ3n) is 2.21. The zero-order valence-corrected chi connectivity index (χ0v) is 9.88. The van der Waals surface area contributed by atoms with Crippen molar-refractivity contribution in [2.75, 3.05) is 26.2 Å². The van der Waals surface area contributed by atoms with Crippen LogP contribution in [-0.2, 0) is 19.2 Å². The van der Waals surface area contributed by atoms with Gasteiger partial charge < -0.3 is 21.3 Å². The molecule has 4 amide bonds. The van der Waals surface area contributed by atoms with Crippen molar-refractivity contribution in [2.45, 2.75) is 12.8 Å². The van der Waals surface area contributed by atoms with Gasteiger partial charge in [0.05, 0.1) is 6.54 Å². The zero-order valence-electron chi connectivity index (χ0n) is 9.88. The van der Waals surface area contributed by atoms with E-state index in [1.54, 1.807) is 0 Å². The molecule has 0 atom stereocenters. The molecule has 0 spiro atoms. The van der Waals surface area contributed by atoms with Gasteiger partial charge >= 0.3 is 0 Å². The molecule has 0 aromatic carbocycles. The van der Waals surface area contributed by atoms with Crippen LogP contribution in [0, 0.1) is 0 Å². The Labute approximate surface area is 104 Å². The van der Waals surface area contributed by atoms with Gasteiger partial charge in [-0.2, -0.15) is 0 Å². The van der Waals surface area contributed by atoms with E-state index in [0.717, 1.165) is 0 Å². The second kappa shape index (κ2) is 7.25. The van der Waals surface area contributed by atoms with Crippen LogP contribution in [0.1, 0.15) is 12.8 Å². The molecule has 18 heavy (non-hydrogen) atoms. The molecule has 0 radical (unpaired) electrons. The first-order chi connectivity index (χ1) is 8.58. The highest BCUT2D eigenvalue weighted by Gasteiger charge is 2.11. The van der Waals surface area contributed by atoms with Crippen molar-refractivity contribution in [3.63, 3.8) is 0 Å². The van der Waals surface area contributed by atoms with E-state index in [1.165, 1.54) is 0 Å². The molecular formula is C10H16N4O4. The van der Waals surface area contributed by atoms with Crippen LogP contribution in [0.2, 0.25) is 0 Å². The van der Waals surface area contributed by atoms with Crippen LogP contribution < -0.4 is 21.3 Å². The van der Waals surface area contributed by atoms with Crippen LogP contribution in [0.15, 0.2) is 0 Å². The van der Waals surface area contributed by atoms with Crippen molar-refractivity contribution in [3.05, 3.63) is 0 Å². The lowest BCUT2D eigenvalue weighted by molar-refractivity contribution is -0.130. The summed E-state index contributed by atoms with van der Waals surface area (Å²) in [7, 11) is 0. The molecule has 100 valence electrons. The first kappa shape index (κ1) is 13.9. The normalized spacial score (nSPS) is 20.0. The van der Waals surface area contributed by atoms with Crippen molar-refractivity contribution < 1.29 is 19.2 Å². The Balaban J connectivity index is 2.47. The van der Waals surface area contributed by atoms with Crippen molar-refractivity contribution in [1.29, 1.82) is 0 Å². The minimum Gasteiger partial charge on any atom is -0.355 e. The SMILES string of the molecule is O=C1CCNC(=O)CC(=O)NCCNC(=O)CN1. The topological polar surface area (TPSA) is 116 Å². The summed E-state index contributed by atoms with van der Waals surface area (Å²) in [5.41, 5.74) is 0. The maximum absolute atomic E-state index is 11.2. The lowest BCUT2D eigenvalue weighted by Gasteiger charge is -2.10. The third kappa shape index (κ3) is 5.83. The van der Waals surface area contributed by atoms with Gasteiger partial charge in [0.15, 0.2) is 0 Å². The van der Waals surface area contributed by atoms with Gasteiger partial charge in [-0.05, 0) is 0 Å². The van der Waals surface area contributed by atoms with Gasteiger partial charge in [-0.15, -0.1) is 0 Å². The average Bonchev–Trinajstić information content (AvgIpc) is 2.31. The van der Waals surface area contributed by atoms with Gasteiger partial charge in [-0.25, -0.2) is 0 Å². The predicted molar refractivity (Wildman–Crippen MR) is 61.3 cm³/mol. The fourth-order valence-electron chi connectivity index (χ4n) is 1.32. The lowest BCUT2D eigenvalue weighted by atomic mass is 10.3. The molecule has 8 heteroatoms. The van der Waals surface area contributed by atoms with Crippen LogP contribution in [0.4, 0.5) is 0 Å². The molecule has 8 nitrogen and oxygen atoms in total. The quantitative estimate of drug-likeness (QED) is 0.351. The second-order valence-electron chi connectivity index (χ2n) is 3.75. The molecule has 0 unspecified atom stereocenters. The summed E-state index contributed by atoms with van der Waals surface area (Å²) >= 11 is 0. The number of hydrogen-bond donors (Lipinski definition) is 4.